The molecule has 1 heterocycles. The Morgan fingerprint density at radius 2 is 1.71 bits per heavy atom. The van der Waals surface area contributed by atoms with Crippen LogP contribution in [0.25, 0.3) is 0 Å². The lowest BCUT2D eigenvalue weighted by Crippen LogP contribution is -2.33. The molecule has 7 heteroatoms. The Morgan fingerprint density at radius 1 is 1.00 bits per heavy atom. The molecule has 3 N–H and O–H groups in total. The molecular formula is C14H12ClN3O3. The minimum absolute atomic E-state index is 0.198. The Kier molecular flexibility index (Phi) is 3.70. The summed E-state index contributed by atoms with van der Waals surface area (Å²) in [6, 6.07) is 11.7. The van der Waals surface area contributed by atoms with Gasteiger partial charge in [0.05, 0.1) is 5.69 Å². The molecule has 2 aromatic carbocycles. The number of urea groups is 1. The Balaban J connectivity index is 1.55. The standard InChI is InChI=1S/C14H12ClN3O3/c15-9-1-3-10(4-2-9)17-18-14(19)16-11-5-6-12-13(7-11)21-8-20-12/h1-7,17H,8H2,(H2,16,18,19). The van der Waals surface area contributed by atoms with Gasteiger partial charge in [-0.2, -0.15) is 0 Å². The number of carbonyl (C=O) groups excluding carboxylic acids is 1. The molecular weight excluding hydrogens is 294 g/mol. The number of benzene rings is 2. The molecule has 1 aliphatic heterocycles. The van der Waals surface area contributed by atoms with E-state index in [9.17, 15) is 4.79 Å². The monoisotopic (exact) mass is 305 g/mol. The van der Waals surface area contributed by atoms with Crippen molar-refractivity contribution < 1.29 is 14.3 Å². The summed E-state index contributed by atoms with van der Waals surface area (Å²) in [4.78, 5) is 11.8. The smallest absolute Gasteiger partial charge is 0.337 e. The fraction of sp³-hybridized carbons (Fsp3) is 0.0714. The molecule has 0 unspecified atom stereocenters. The van der Waals surface area contributed by atoms with Crippen LogP contribution in [0.15, 0.2) is 42.5 Å². The highest BCUT2D eigenvalue weighted by Crippen LogP contribution is 2.34. The van der Waals surface area contributed by atoms with E-state index in [0.717, 1.165) is 5.69 Å². The Labute approximate surface area is 126 Å². The highest BCUT2D eigenvalue weighted by Gasteiger charge is 2.13. The molecule has 1 aliphatic rings. The van der Waals surface area contributed by atoms with Crippen molar-refractivity contribution in [3.63, 3.8) is 0 Å². The summed E-state index contributed by atoms with van der Waals surface area (Å²) in [6.07, 6.45) is 0. The molecule has 2 amide bonds. The van der Waals surface area contributed by atoms with E-state index in [4.69, 9.17) is 21.1 Å². The summed E-state index contributed by atoms with van der Waals surface area (Å²) in [5.41, 5.74) is 6.62. The van der Waals surface area contributed by atoms with Gasteiger partial charge in [-0.25, -0.2) is 4.79 Å². The first-order valence-electron chi connectivity index (χ1n) is 6.19. The predicted octanol–water partition coefficient (Wildman–Crippen LogP) is 3.22. The maximum atomic E-state index is 11.8. The molecule has 0 saturated heterocycles. The summed E-state index contributed by atoms with van der Waals surface area (Å²) in [5, 5.41) is 3.31. The number of amides is 2. The second kappa shape index (κ2) is 5.80. The average Bonchev–Trinajstić information content (AvgIpc) is 2.94. The topological polar surface area (TPSA) is 71.6 Å². The number of hydrogen-bond acceptors (Lipinski definition) is 4. The van der Waals surface area contributed by atoms with Crippen molar-refractivity contribution in [3.8, 4) is 11.5 Å². The van der Waals surface area contributed by atoms with Crippen molar-refractivity contribution in [3.05, 3.63) is 47.5 Å². The summed E-state index contributed by atoms with van der Waals surface area (Å²) in [5.74, 6) is 1.28. The first-order valence-corrected chi connectivity index (χ1v) is 6.57. The van der Waals surface area contributed by atoms with Gasteiger partial charge in [0.15, 0.2) is 11.5 Å². The van der Waals surface area contributed by atoms with Gasteiger partial charge in [0, 0.05) is 16.8 Å². The highest BCUT2D eigenvalue weighted by atomic mass is 35.5. The van der Waals surface area contributed by atoms with Gasteiger partial charge in [-0.15, -0.1) is 0 Å². The van der Waals surface area contributed by atoms with E-state index in [-0.39, 0.29) is 6.79 Å². The Hall–Kier alpha value is -2.60. The van der Waals surface area contributed by atoms with E-state index >= 15 is 0 Å². The molecule has 0 spiro atoms. The lowest BCUT2D eigenvalue weighted by atomic mass is 10.3. The van der Waals surface area contributed by atoms with E-state index in [1.54, 1.807) is 42.5 Å². The van der Waals surface area contributed by atoms with E-state index in [1.807, 2.05) is 0 Å². The van der Waals surface area contributed by atoms with Crippen LogP contribution in [0, 0.1) is 0 Å². The third kappa shape index (κ3) is 3.29. The molecule has 0 bridgehead atoms. The van der Waals surface area contributed by atoms with Crippen molar-refractivity contribution in [2.24, 2.45) is 0 Å². The van der Waals surface area contributed by atoms with Crippen LogP contribution in [-0.2, 0) is 0 Å². The summed E-state index contributed by atoms with van der Waals surface area (Å²) in [7, 11) is 0. The number of anilines is 2. The number of carbonyl (C=O) groups is 1. The maximum absolute atomic E-state index is 11.8. The summed E-state index contributed by atoms with van der Waals surface area (Å²) in [6.45, 7) is 0.198. The average molecular weight is 306 g/mol. The van der Waals surface area contributed by atoms with Gasteiger partial charge < -0.3 is 14.8 Å². The summed E-state index contributed by atoms with van der Waals surface area (Å²) < 4.78 is 10.4. The second-order valence-electron chi connectivity index (χ2n) is 4.28. The first-order chi connectivity index (χ1) is 10.2. The molecule has 3 rings (SSSR count). The van der Waals surface area contributed by atoms with Crippen LogP contribution in [0.4, 0.5) is 16.2 Å². The molecule has 2 aromatic rings. The number of hydrogen-bond donors (Lipinski definition) is 3. The molecule has 0 fully saturated rings. The number of rotatable bonds is 3. The zero-order valence-corrected chi connectivity index (χ0v) is 11.6. The van der Waals surface area contributed by atoms with Crippen LogP contribution in [0.5, 0.6) is 11.5 Å². The number of fused-ring (bicyclic) bond motifs is 1. The number of halogens is 1. The van der Waals surface area contributed by atoms with E-state index in [0.29, 0.717) is 22.2 Å². The van der Waals surface area contributed by atoms with Gasteiger partial charge in [-0.05, 0) is 36.4 Å². The van der Waals surface area contributed by atoms with Gasteiger partial charge in [0.25, 0.3) is 0 Å². The quantitative estimate of drug-likeness (QED) is 0.761. The predicted molar refractivity (Wildman–Crippen MR) is 79.8 cm³/mol. The molecule has 21 heavy (non-hydrogen) atoms. The van der Waals surface area contributed by atoms with Crippen molar-refractivity contribution >= 4 is 29.0 Å². The number of nitrogens with one attached hydrogen (secondary N) is 3. The molecule has 108 valence electrons. The van der Waals surface area contributed by atoms with Crippen LogP contribution in [0.3, 0.4) is 0 Å². The van der Waals surface area contributed by atoms with Gasteiger partial charge in [-0.3, -0.25) is 10.9 Å². The van der Waals surface area contributed by atoms with Crippen molar-refractivity contribution in [2.45, 2.75) is 0 Å². The fourth-order valence-corrected chi connectivity index (χ4v) is 1.92. The van der Waals surface area contributed by atoms with E-state index < -0.39 is 6.03 Å². The van der Waals surface area contributed by atoms with E-state index in [1.165, 1.54) is 0 Å². The van der Waals surface area contributed by atoms with Crippen LogP contribution < -0.4 is 25.6 Å². The Bertz CT molecular complexity index is 661. The number of hydrazine groups is 1. The van der Waals surface area contributed by atoms with Crippen molar-refractivity contribution in [1.82, 2.24) is 5.43 Å². The van der Waals surface area contributed by atoms with Crippen LogP contribution in [0.1, 0.15) is 0 Å². The molecule has 0 atom stereocenters. The largest absolute Gasteiger partial charge is 0.454 e. The third-order valence-electron chi connectivity index (χ3n) is 2.80. The minimum Gasteiger partial charge on any atom is -0.454 e. The third-order valence-corrected chi connectivity index (χ3v) is 3.05. The van der Waals surface area contributed by atoms with Gasteiger partial charge in [0.2, 0.25) is 6.79 Å². The molecule has 0 aliphatic carbocycles. The highest BCUT2D eigenvalue weighted by molar-refractivity contribution is 6.30. The fourth-order valence-electron chi connectivity index (χ4n) is 1.80. The Morgan fingerprint density at radius 3 is 2.52 bits per heavy atom. The van der Waals surface area contributed by atoms with Gasteiger partial charge >= 0.3 is 6.03 Å². The van der Waals surface area contributed by atoms with Gasteiger partial charge in [0.1, 0.15) is 0 Å². The first kappa shape index (κ1) is 13.4. The summed E-state index contributed by atoms with van der Waals surface area (Å²) >= 11 is 5.78. The lowest BCUT2D eigenvalue weighted by Gasteiger charge is -2.10. The second-order valence-corrected chi connectivity index (χ2v) is 4.72. The molecule has 6 nitrogen and oxygen atoms in total. The molecule has 0 saturated carbocycles. The van der Waals surface area contributed by atoms with Crippen LogP contribution in [0.2, 0.25) is 5.02 Å². The zero-order valence-electron chi connectivity index (χ0n) is 10.9. The lowest BCUT2D eigenvalue weighted by molar-refractivity contribution is 0.174. The van der Waals surface area contributed by atoms with Crippen LogP contribution >= 0.6 is 11.6 Å². The SMILES string of the molecule is O=C(NNc1ccc(Cl)cc1)Nc1ccc2c(c1)OCO2. The molecule has 0 aromatic heterocycles. The molecule has 0 radical (unpaired) electrons. The van der Waals surface area contributed by atoms with Crippen molar-refractivity contribution in [2.75, 3.05) is 17.5 Å². The normalized spacial score (nSPS) is 11.9. The van der Waals surface area contributed by atoms with Crippen LogP contribution in [-0.4, -0.2) is 12.8 Å². The zero-order chi connectivity index (χ0) is 14.7. The number of ether oxygens (including phenoxy) is 2. The van der Waals surface area contributed by atoms with Crippen molar-refractivity contribution in [1.29, 1.82) is 0 Å². The van der Waals surface area contributed by atoms with E-state index in [2.05, 4.69) is 16.2 Å². The maximum Gasteiger partial charge on any atom is 0.337 e. The van der Waals surface area contributed by atoms with Gasteiger partial charge in [-0.1, -0.05) is 11.6 Å². The minimum atomic E-state index is -0.399.